The molecule has 0 saturated heterocycles. The third-order valence-corrected chi connectivity index (χ3v) is 6.32. The van der Waals surface area contributed by atoms with Crippen molar-refractivity contribution >= 4 is 5.97 Å². The van der Waals surface area contributed by atoms with Crippen molar-refractivity contribution < 1.29 is 19.4 Å². The topological polar surface area (TPSA) is 94.4 Å². The summed E-state index contributed by atoms with van der Waals surface area (Å²) in [4.78, 5) is 24.7. The maximum atomic E-state index is 12.3. The molecule has 4 aliphatic rings. The van der Waals surface area contributed by atoms with E-state index in [0.29, 0.717) is 18.7 Å². The predicted molar refractivity (Wildman–Crippen MR) is 78.6 cm³/mol. The van der Waals surface area contributed by atoms with Crippen LogP contribution < -0.4 is 0 Å². The molecule has 1 aromatic rings. The second-order valence-electron chi connectivity index (χ2n) is 7.07. The third kappa shape index (κ3) is 1.89. The van der Waals surface area contributed by atoms with Crippen LogP contribution in [0.5, 0.6) is 0 Å². The van der Waals surface area contributed by atoms with E-state index in [2.05, 4.69) is 15.0 Å². The predicted octanol–water partition coefficient (Wildman–Crippen LogP) is 1.12. The zero-order chi connectivity index (χ0) is 16.2. The zero-order valence-corrected chi connectivity index (χ0v) is 13.3. The largest absolute Gasteiger partial charge is 0.481 e. The summed E-state index contributed by atoms with van der Waals surface area (Å²) < 4.78 is 11.5. The van der Waals surface area contributed by atoms with Crippen molar-refractivity contribution in [2.45, 2.75) is 37.4 Å². The summed E-state index contributed by atoms with van der Waals surface area (Å²) >= 11 is 0. The van der Waals surface area contributed by atoms with Crippen LogP contribution in [0.2, 0.25) is 0 Å². The fourth-order valence-electron chi connectivity index (χ4n) is 5.74. The number of carboxylic acid groups (broad SMARTS) is 1. The highest BCUT2D eigenvalue weighted by Crippen LogP contribution is 2.66. The molecule has 4 bridgehead atoms. The second-order valence-corrected chi connectivity index (χ2v) is 7.07. The molecule has 7 nitrogen and oxygen atoms in total. The van der Waals surface area contributed by atoms with Gasteiger partial charge in [0, 0.05) is 26.1 Å². The molecule has 4 fully saturated rings. The number of carbonyl (C=O) groups is 1. The molecule has 7 heteroatoms. The standard InChI is InChI=1S/C16H21N3O4/c1-22-12-8-3-9-11(14-18-6-17-7-19-14)16(4-8,15(20)21)5-10(12)13(9)23-2/h6-13H,3-5H2,1-2H3,(H,20,21)/t8-,9-,10-,11?,12?,13?,16?/m1/s1. The van der Waals surface area contributed by atoms with E-state index in [9.17, 15) is 9.90 Å². The lowest BCUT2D eigenvalue weighted by Crippen LogP contribution is -2.66. The van der Waals surface area contributed by atoms with Gasteiger partial charge in [0.05, 0.1) is 17.6 Å². The zero-order valence-electron chi connectivity index (χ0n) is 13.3. The monoisotopic (exact) mass is 319 g/mol. The van der Waals surface area contributed by atoms with E-state index in [1.165, 1.54) is 12.7 Å². The number of carboxylic acids is 1. The summed E-state index contributed by atoms with van der Waals surface area (Å²) in [5, 5.41) is 10.1. The Hall–Kier alpha value is -1.60. The lowest BCUT2D eigenvalue weighted by molar-refractivity contribution is -0.227. The molecule has 4 saturated carbocycles. The lowest BCUT2D eigenvalue weighted by Gasteiger charge is -2.63. The summed E-state index contributed by atoms with van der Waals surface area (Å²) in [6.45, 7) is 0. The minimum Gasteiger partial charge on any atom is -0.481 e. The second kappa shape index (κ2) is 5.21. The molecule has 1 N–H and O–H groups in total. The van der Waals surface area contributed by atoms with Crippen LogP contribution >= 0.6 is 0 Å². The first-order valence-electron chi connectivity index (χ1n) is 8.03. The minimum absolute atomic E-state index is 0.00857. The fraction of sp³-hybridized carbons (Fsp3) is 0.750. The maximum Gasteiger partial charge on any atom is 0.310 e. The summed E-state index contributed by atoms with van der Waals surface area (Å²) in [6, 6.07) is 0. The van der Waals surface area contributed by atoms with Crippen LogP contribution in [0.15, 0.2) is 12.7 Å². The molecule has 0 spiro atoms. The molecule has 7 atom stereocenters. The molecule has 4 unspecified atom stereocenters. The Labute approximate surface area is 134 Å². The molecule has 0 radical (unpaired) electrons. The van der Waals surface area contributed by atoms with Gasteiger partial charge in [0.2, 0.25) is 0 Å². The van der Waals surface area contributed by atoms with Gasteiger partial charge < -0.3 is 14.6 Å². The number of hydrogen-bond donors (Lipinski definition) is 1. The minimum atomic E-state index is -0.816. The van der Waals surface area contributed by atoms with E-state index in [-0.39, 0.29) is 35.9 Å². The quantitative estimate of drug-likeness (QED) is 0.888. The summed E-state index contributed by atoms with van der Waals surface area (Å²) in [5.41, 5.74) is -0.816. The molecule has 23 heavy (non-hydrogen) atoms. The molecule has 0 aliphatic heterocycles. The molecule has 1 heterocycles. The van der Waals surface area contributed by atoms with Crippen LogP contribution in [0.1, 0.15) is 31.0 Å². The van der Waals surface area contributed by atoms with Crippen molar-refractivity contribution in [1.29, 1.82) is 0 Å². The highest BCUT2D eigenvalue weighted by molar-refractivity contribution is 5.77. The Kier molecular flexibility index (Phi) is 3.39. The van der Waals surface area contributed by atoms with Crippen molar-refractivity contribution in [2.75, 3.05) is 14.2 Å². The number of ether oxygens (including phenoxy) is 2. The number of nitrogens with zero attached hydrogens (tertiary/aromatic N) is 3. The number of rotatable bonds is 4. The summed E-state index contributed by atoms with van der Waals surface area (Å²) in [7, 11) is 3.42. The molecule has 0 amide bonds. The Morgan fingerprint density at radius 1 is 1.17 bits per heavy atom. The molecular formula is C16H21N3O4. The van der Waals surface area contributed by atoms with Crippen molar-refractivity contribution in [3.63, 3.8) is 0 Å². The summed E-state index contributed by atoms with van der Waals surface area (Å²) in [6.07, 6.45) is 5.06. The van der Waals surface area contributed by atoms with E-state index < -0.39 is 11.4 Å². The molecular weight excluding hydrogens is 298 g/mol. The Morgan fingerprint density at radius 2 is 1.87 bits per heavy atom. The van der Waals surface area contributed by atoms with Crippen LogP contribution in [0, 0.1) is 23.2 Å². The van der Waals surface area contributed by atoms with Gasteiger partial charge in [0.15, 0.2) is 0 Å². The number of aromatic nitrogens is 3. The normalized spacial score (nSPS) is 44.4. The van der Waals surface area contributed by atoms with Crippen LogP contribution in [-0.2, 0) is 14.3 Å². The lowest BCUT2D eigenvalue weighted by atomic mass is 9.43. The Morgan fingerprint density at radius 3 is 2.48 bits per heavy atom. The number of methoxy groups -OCH3 is 2. The van der Waals surface area contributed by atoms with Crippen LogP contribution in [0.3, 0.4) is 0 Å². The van der Waals surface area contributed by atoms with Gasteiger partial charge in [-0.05, 0) is 31.1 Å². The van der Waals surface area contributed by atoms with Crippen molar-refractivity contribution in [2.24, 2.45) is 23.2 Å². The average molecular weight is 319 g/mol. The molecule has 0 aromatic carbocycles. The van der Waals surface area contributed by atoms with E-state index >= 15 is 0 Å². The first kappa shape index (κ1) is 15.0. The summed E-state index contributed by atoms with van der Waals surface area (Å²) in [5.74, 6) is 0.121. The number of aliphatic carboxylic acids is 1. The van der Waals surface area contributed by atoms with Gasteiger partial charge >= 0.3 is 5.97 Å². The van der Waals surface area contributed by atoms with E-state index in [4.69, 9.17) is 9.47 Å². The molecule has 1 aromatic heterocycles. The van der Waals surface area contributed by atoms with Gasteiger partial charge in [0.25, 0.3) is 0 Å². The van der Waals surface area contributed by atoms with Gasteiger partial charge in [0.1, 0.15) is 18.5 Å². The van der Waals surface area contributed by atoms with Gasteiger partial charge in [-0.2, -0.15) is 0 Å². The average Bonchev–Trinajstić information content (AvgIpc) is 2.55. The SMILES string of the molecule is COC1[C@@H]2C[C@H]3C(OC)[C@@H]1CC(C(=O)O)(C2)C3c1ncncn1. The maximum absolute atomic E-state index is 12.3. The smallest absolute Gasteiger partial charge is 0.310 e. The number of hydrogen-bond acceptors (Lipinski definition) is 6. The van der Waals surface area contributed by atoms with Crippen LogP contribution in [-0.4, -0.2) is 52.5 Å². The highest BCUT2D eigenvalue weighted by Gasteiger charge is 2.68. The Balaban J connectivity index is 1.83. The third-order valence-electron chi connectivity index (χ3n) is 6.32. The first-order chi connectivity index (χ1) is 11.1. The van der Waals surface area contributed by atoms with Gasteiger partial charge in [-0.1, -0.05) is 0 Å². The van der Waals surface area contributed by atoms with E-state index in [1.807, 2.05) is 0 Å². The fourth-order valence-corrected chi connectivity index (χ4v) is 5.74. The van der Waals surface area contributed by atoms with Crippen LogP contribution in [0.25, 0.3) is 0 Å². The van der Waals surface area contributed by atoms with Gasteiger partial charge in [-0.3, -0.25) is 4.79 Å². The first-order valence-corrected chi connectivity index (χ1v) is 8.03. The van der Waals surface area contributed by atoms with Crippen molar-refractivity contribution in [3.8, 4) is 0 Å². The van der Waals surface area contributed by atoms with Crippen molar-refractivity contribution in [3.05, 3.63) is 18.5 Å². The van der Waals surface area contributed by atoms with Crippen LogP contribution in [0.4, 0.5) is 0 Å². The highest BCUT2D eigenvalue weighted by atomic mass is 16.5. The molecule has 5 rings (SSSR count). The van der Waals surface area contributed by atoms with Crippen molar-refractivity contribution in [1.82, 2.24) is 15.0 Å². The molecule has 124 valence electrons. The Bertz CT molecular complexity index is 613. The molecule has 4 aliphatic carbocycles. The van der Waals surface area contributed by atoms with E-state index in [0.717, 1.165) is 6.42 Å². The van der Waals surface area contributed by atoms with E-state index in [1.54, 1.807) is 14.2 Å². The van der Waals surface area contributed by atoms with Gasteiger partial charge in [-0.15, -0.1) is 0 Å². The van der Waals surface area contributed by atoms with Gasteiger partial charge in [-0.25, -0.2) is 15.0 Å².